The van der Waals surface area contributed by atoms with Crippen molar-refractivity contribution in [1.29, 1.82) is 0 Å². The Morgan fingerprint density at radius 3 is 2.33 bits per heavy atom. The molecule has 0 radical (unpaired) electrons. The maximum atomic E-state index is 12.6. The van der Waals surface area contributed by atoms with Gasteiger partial charge in [-0.1, -0.05) is 65.2 Å². The van der Waals surface area contributed by atoms with Crippen LogP contribution in [0.3, 0.4) is 0 Å². The van der Waals surface area contributed by atoms with Gasteiger partial charge < -0.3 is 4.74 Å². The number of hydrogen-bond acceptors (Lipinski definition) is 2. The monoisotopic (exact) mass is 420 g/mol. The molecule has 0 spiro atoms. The first-order chi connectivity index (χ1) is 12.8. The van der Waals surface area contributed by atoms with Gasteiger partial charge in [-0.25, -0.2) is 0 Å². The van der Waals surface area contributed by atoms with Crippen LogP contribution in [-0.2, 0) is 9.53 Å². The van der Waals surface area contributed by atoms with E-state index in [1.807, 2.05) is 56.3 Å². The summed E-state index contributed by atoms with van der Waals surface area (Å²) in [6, 6.07) is 13.4. The van der Waals surface area contributed by atoms with Crippen molar-refractivity contribution in [3.63, 3.8) is 0 Å². The van der Waals surface area contributed by atoms with E-state index in [9.17, 15) is 4.79 Å². The van der Waals surface area contributed by atoms with E-state index in [1.165, 1.54) is 0 Å². The highest BCUT2D eigenvalue weighted by atomic mass is 35.5. The molecule has 2 aliphatic rings. The van der Waals surface area contributed by atoms with Gasteiger partial charge in [0.15, 0.2) is 0 Å². The van der Waals surface area contributed by atoms with Crippen LogP contribution in [0.25, 0.3) is 0 Å². The molecule has 5 heteroatoms. The van der Waals surface area contributed by atoms with Crippen LogP contribution in [0.2, 0.25) is 15.1 Å². The average Bonchev–Trinajstić information content (AvgIpc) is 2.85. The number of carbonyl (C=O) groups is 1. The summed E-state index contributed by atoms with van der Waals surface area (Å²) >= 11 is 18.8. The number of halogens is 3. The number of allylic oxidation sites excluding steroid dienone is 1. The molecule has 0 saturated carbocycles. The molecule has 0 unspecified atom stereocenters. The highest BCUT2D eigenvalue weighted by Crippen LogP contribution is 2.57. The predicted octanol–water partition coefficient (Wildman–Crippen LogP) is 6.65. The maximum absolute atomic E-state index is 12.6. The fourth-order valence-corrected chi connectivity index (χ4v) is 5.31. The van der Waals surface area contributed by atoms with E-state index in [0.29, 0.717) is 15.1 Å². The lowest BCUT2D eigenvalue weighted by Crippen LogP contribution is -2.39. The summed E-state index contributed by atoms with van der Waals surface area (Å²) in [4.78, 5) is 12.6. The van der Waals surface area contributed by atoms with Crippen molar-refractivity contribution < 1.29 is 9.53 Å². The third-order valence-electron chi connectivity index (χ3n) is 5.93. The quantitative estimate of drug-likeness (QED) is 0.401. The van der Waals surface area contributed by atoms with E-state index in [4.69, 9.17) is 39.5 Å². The Labute approximate surface area is 174 Å². The smallest absolute Gasteiger partial charge is 0.316 e. The van der Waals surface area contributed by atoms with Gasteiger partial charge in [0.05, 0.1) is 5.41 Å². The van der Waals surface area contributed by atoms with Gasteiger partial charge >= 0.3 is 5.97 Å². The molecule has 0 amide bonds. The standard InChI is InChI=1S/C22H19Cl3O2/c1-12-20-19(13-3-5-14(23)6-4-13)17(9-10-22(20,2)21(26)27-12)16-8-7-15(24)11-18(16)25/h3-12,17,19-20H,1-2H3/t12-,17+,19+,20+,22-/m1/s1. The molecule has 1 fully saturated rings. The highest BCUT2D eigenvalue weighted by Gasteiger charge is 2.57. The largest absolute Gasteiger partial charge is 0.462 e. The topological polar surface area (TPSA) is 26.3 Å². The zero-order valence-corrected chi connectivity index (χ0v) is 17.2. The van der Waals surface area contributed by atoms with Crippen molar-refractivity contribution in [2.75, 3.05) is 0 Å². The Kier molecular flexibility index (Phi) is 4.78. The molecule has 2 aromatic carbocycles. The minimum atomic E-state index is -0.654. The van der Waals surface area contributed by atoms with Crippen LogP contribution in [0.5, 0.6) is 0 Å². The van der Waals surface area contributed by atoms with Crippen molar-refractivity contribution in [2.24, 2.45) is 11.3 Å². The van der Waals surface area contributed by atoms with Crippen LogP contribution < -0.4 is 0 Å². The Morgan fingerprint density at radius 2 is 1.67 bits per heavy atom. The minimum absolute atomic E-state index is 0.00553. The fraction of sp³-hybridized carbons (Fsp3) is 0.318. The number of carbonyl (C=O) groups excluding carboxylic acids is 1. The van der Waals surface area contributed by atoms with E-state index < -0.39 is 5.41 Å². The molecular weight excluding hydrogens is 403 g/mol. The number of ether oxygens (including phenoxy) is 1. The van der Waals surface area contributed by atoms with E-state index >= 15 is 0 Å². The number of cyclic esters (lactones) is 1. The molecule has 0 aromatic heterocycles. The Bertz CT molecular complexity index is 922. The molecule has 4 rings (SSSR count). The Morgan fingerprint density at radius 1 is 1.00 bits per heavy atom. The highest BCUT2D eigenvalue weighted by molar-refractivity contribution is 6.35. The minimum Gasteiger partial charge on any atom is -0.462 e. The molecule has 2 nitrogen and oxygen atoms in total. The summed E-state index contributed by atoms with van der Waals surface area (Å²) in [6.45, 7) is 3.93. The molecule has 140 valence electrons. The zero-order chi connectivity index (χ0) is 19.3. The lowest BCUT2D eigenvalue weighted by Gasteiger charge is -2.41. The van der Waals surface area contributed by atoms with Crippen LogP contribution in [0.4, 0.5) is 0 Å². The summed E-state index contributed by atoms with van der Waals surface area (Å²) in [5.74, 6) is -0.146. The molecule has 1 aliphatic heterocycles. The second-order valence-electron chi connectivity index (χ2n) is 7.55. The third-order valence-corrected chi connectivity index (χ3v) is 6.75. The summed E-state index contributed by atoms with van der Waals surface area (Å²) in [7, 11) is 0. The average molecular weight is 422 g/mol. The second-order valence-corrected chi connectivity index (χ2v) is 8.83. The van der Waals surface area contributed by atoms with Crippen molar-refractivity contribution in [3.8, 4) is 0 Å². The summed E-state index contributed by atoms with van der Waals surface area (Å²) in [5, 5.41) is 1.91. The lowest BCUT2D eigenvalue weighted by molar-refractivity contribution is -0.146. The fourth-order valence-electron chi connectivity index (χ4n) is 4.65. The molecule has 1 saturated heterocycles. The number of hydrogen-bond donors (Lipinski definition) is 0. The van der Waals surface area contributed by atoms with Gasteiger partial charge in [0.1, 0.15) is 6.10 Å². The first-order valence-electron chi connectivity index (χ1n) is 8.92. The van der Waals surface area contributed by atoms with Gasteiger partial charge in [-0.15, -0.1) is 0 Å². The van der Waals surface area contributed by atoms with Gasteiger partial charge in [-0.3, -0.25) is 4.79 Å². The second kappa shape index (κ2) is 6.84. The normalized spacial score (nSPS) is 32.3. The van der Waals surface area contributed by atoms with Crippen LogP contribution in [0.15, 0.2) is 54.6 Å². The van der Waals surface area contributed by atoms with E-state index in [-0.39, 0.29) is 29.8 Å². The van der Waals surface area contributed by atoms with Crippen LogP contribution in [0.1, 0.15) is 36.8 Å². The molecule has 2 aromatic rings. The van der Waals surface area contributed by atoms with E-state index in [2.05, 4.69) is 6.08 Å². The van der Waals surface area contributed by atoms with Gasteiger partial charge in [-0.05, 0) is 49.2 Å². The number of esters is 1. The number of benzene rings is 2. The summed E-state index contributed by atoms with van der Waals surface area (Å²) < 4.78 is 5.65. The van der Waals surface area contributed by atoms with E-state index in [0.717, 1.165) is 11.1 Å². The maximum Gasteiger partial charge on any atom is 0.316 e. The molecule has 0 bridgehead atoms. The molecule has 1 heterocycles. The third kappa shape index (κ3) is 3.08. The molecule has 1 aliphatic carbocycles. The van der Waals surface area contributed by atoms with Gasteiger partial charge in [-0.2, -0.15) is 0 Å². The molecule has 27 heavy (non-hydrogen) atoms. The van der Waals surface area contributed by atoms with Crippen LogP contribution in [-0.4, -0.2) is 12.1 Å². The molecule has 5 atom stereocenters. The van der Waals surface area contributed by atoms with Crippen LogP contribution >= 0.6 is 34.8 Å². The zero-order valence-electron chi connectivity index (χ0n) is 15.0. The number of fused-ring (bicyclic) bond motifs is 1. The predicted molar refractivity (Wildman–Crippen MR) is 110 cm³/mol. The molecular formula is C22H19Cl3O2. The SMILES string of the molecule is C[C@H]1OC(=O)[C@]2(C)C=C[C@@H](c3ccc(Cl)cc3Cl)[C@H](c3ccc(Cl)cc3)[C@H]12. The van der Waals surface area contributed by atoms with E-state index in [1.54, 1.807) is 6.07 Å². The number of rotatable bonds is 2. The first kappa shape index (κ1) is 18.9. The Hall–Kier alpha value is -1.48. The first-order valence-corrected chi connectivity index (χ1v) is 10.1. The molecule has 0 N–H and O–H groups in total. The van der Waals surface area contributed by atoms with Crippen LogP contribution in [0, 0.1) is 11.3 Å². The Balaban J connectivity index is 1.90. The summed E-state index contributed by atoms with van der Waals surface area (Å²) in [5.41, 5.74) is 1.45. The van der Waals surface area contributed by atoms with Crippen molar-refractivity contribution in [1.82, 2.24) is 0 Å². The van der Waals surface area contributed by atoms with Crippen molar-refractivity contribution in [2.45, 2.75) is 31.8 Å². The van der Waals surface area contributed by atoms with Gasteiger partial charge in [0, 0.05) is 32.8 Å². The van der Waals surface area contributed by atoms with Gasteiger partial charge in [0.25, 0.3) is 0 Å². The van der Waals surface area contributed by atoms with Crippen molar-refractivity contribution >= 4 is 40.8 Å². The summed E-state index contributed by atoms with van der Waals surface area (Å²) in [6.07, 6.45) is 3.89. The lowest BCUT2D eigenvalue weighted by atomic mass is 9.59. The van der Waals surface area contributed by atoms with Crippen molar-refractivity contribution in [3.05, 3.63) is 80.8 Å². The van der Waals surface area contributed by atoms with Gasteiger partial charge in [0.2, 0.25) is 0 Å².